The van der Waals surface area contributed by atoms with Crippen LogP contribution in [0.4, 0.5) is 0 Å². The number of hydrogen-bond donors (Lipinski definition) is 2. The number of amides is 1. The van der Waals surface area contributed by atoms with Crippen molar-refractivity contribution >= 4 is 35.8 Å². The standard InChI is InChI=1S/C21H40N4O3.HI/c1-3-22-21(23-12-7-8-14-28-16-15-27-2)24-19-11-13-25(17-19)20(26)18-9-5-4-6-10-18;/h18-19H,3-17H2,1-2H3,(H2,22,23,24);1H. The molecule has 170 valence electrons. The van der Waals surface area contributed by atoms with E-state index in [-0.39, 0.29) is 29.9 Å². The normalized spacial score (nSPS) is 20.4. The number of halogens is 1. The Kier molecular flexibility index (Phi) is 14.7. The second-order valence-corrected chi connectivity index (χ2v) is 7.82. The summed E-state index contributed by atoms with van der Waals surface area (Å²) in [7, 11) is 1.68. The van der Waals surface area contributed by atoms with Crippen molar-refractivity contribution in [1.29, 1.82) is 0 Å². The molecular formula is C21H41IN4O3. The average molecular weight is 524 g/mol. The minimum atomic E-state index is 0. The quantitative estimate of drug-likeness (QED) is 0.188. The van der Waals surface area contributed by atoms with E-state index in [2.05, 4.69) is 27.4 Å². The van der Waals surface area contributed by atoms with Crippen LogP contribution in [0.15, 0.2) is 4.99 Å². The summed E-state index contributed by atoms with van der Waals surface area (Å²) in [5, 5.41) is 6.84. The highest BCUT2D eigenvalue weighted by Crippen LogP contribution is 2.26. The molecule has 1 atom stereocenters. The van der Waals surface area contributed by atoms with Crippen LogP contribution in [0.1, 0.15) is 58.3 Å². The van der Waals surface area contributed by atoms with Gasteiger partial charge < -0.3 is 25.0 Å². The van der Waals surface area contributed by atoms with Crippen molar-refractivity contribution in [1.82, 2.24) is 15.5 Å². The van der Waals surface area contributed by atoms with Crippen LogP contribution in [0.5, 0.6) is 0 Å². The number of unbranched alkanes of at least 4 members (excludes halogenated alkanes) is 1. The predicted octanol–water partition coefficient (Wildman–Crippen LogP) is 2.78. The number of nitrogens with one attached hydrogen (secondary N) is 2. The SMILES string of the molecule is CCNC(=NCCCCOCCOC)NC1CCN(C(=O)C2CCCCC2)C1.I. The Morgan fingerprint density at radius 3 is 2.62 bits per heavy atom. The van der Waals surface area contributed by atoms with Gasteiger partial charge in [0.25, 0.3) is 0 Å². The maximum absolute atomic E-state index is 12.7. The van der Waals surface area contributed by atoms with E-state index < -0.39 is 0 Å². The molecule has 1 aliphatic carbocycles. The van der Waals surface area contributed by atoms with Crippen LogP contribution in [0, 0.1) is 5.92 Å². The molecule has 2 rings (SSSR count). The van der Waals surface area contributed by atoms with Gasteiger partial charge in [-0.15, -0.1) is 24.0 Å². The zero-order valence-corrected chi connectivity index (χ0v) is 20.6. The summed E-state index contributed by atoms with van der Waals surface area (Å²) < 4.78 is 10.4. The Bertz CT molecular complexity index is 473. The first-order valence-electron chi connectivity index (χ1n) is 11.1. The van der Waals surface area contributed by atoms with E-state index in [9.17, 15) is 4.79 Å². The lowest BCUT2D eigenvalue weighted by atomic mass is 9.88. The van der Waals surface area contributed by atoms with Crippen molar-refractivity contribution < 1.29 is 14.3 Å². The van der Waals surface area contributed by atoms with Crippen molar-refractivity contribution in [3.8, 4) is 0 Å². The number of ether oxygens (including phenoxy) is 2. The zero-order chi connectivity index (χ0) is 20.0. The second-order valence-electron chi connectivity index (χ2n) is 7.82. The van der Waals surface area contributed by atoms with E-state index in [1.807, 2.05) is 0 Å². The molecule has 1 amide bonds. The fraction of sp³-hybridized carbons (Fsp3) is 0.905. The Balaban J connectivity index is 0.00000420. The minimum absolute atomic E-state index is 0. The summed E-state index contributed by atoms with van der Waals surface area (Å²) in [4.78, 5) is 19.5. The van der Waals surface area contributed by atoms with E-state index in [1.165, 1.54) is 19.3 Å². The maximum Gasteiger partial charge on any atom is 0.225 e. The summed E-state index contributed by atoms with van der Waals surface area (Å²) in [6.45, 7) is 7.41. The van der Waals surface area contributed by atoms with Gasteiger partial charge in [0.15, 0.2) is 5.96 Å². The number of likely N-dealkylation sites (tertiary alicyclic amines) is 1. The highest BCUT2D eigenvalue weighted by molar-refractivity contribution is 14.0. The largest absolute Gasteiger partial charge is 0.382 e. The monoisotopic (exact) mass is 524 g/mol. The van der Waals surface area contributed by atoms with Crippen molar-refractivity contribution in [3.63, 3.8) is 0 Å². The number of hydrogen-bond acceptors (Lipinski definition) is 4. The molecule has 0 radical (unpaired) electrons. The van der Waals surface area contributed by atoms with Crippen LogP contribution in [0.25, 0.3) is 0 Å². The Morgan fingerprint density at radius 2 is 1.90 bits per heavy atom. The van der Waals surface area contributed by atoms with Crippen molar-refractivity contribution in [2.24, 2.45) is 10.9 Å². The molecule has 1 saturated heterocycles. The van der Waals surface area contributed by atoms with Gasteiger partial charge in [-0.3, -0.25) is 9.79 Å². The lowest BCUT2D eigenvalue weighted by Gasteiger charge is -2.26. The summed E-state index contributed by atoms with van der Waals surface area (Å²) in [5.74, 6) is 1.50. The number of carbonyl (C=O) groups is 1. The topological polar surface area (TPSA) is 75.2 Å². The summed E-state index contributed by atoms with van der Waals surface area (Å²) >= 11 is 0. The summed E-state index contributed by atoms with van der Waals surface area (Å²) in [5.41, 5.74) is 0. The molecular weight excluding hydrogens is 483 g/mol. The third-order valence-corrected chi connectivity index (χ3v) is 5.54. The minimum Gasteiger partial charge on any atom is -0.382 e. The van der Waals surface area contributed by atoms with Gasteiger partial charge in [-0.1, -0.05) is 19.3 Å². The molecule has 29 heavy (non-hydrogen) atoms. The number of rotatable bonds is 11. The molecule has 0 aromatic rings. The van der Waals surface area contributed by atoms with E-state index >= 15 is 0 Å². The van der Waals surface area contributed by atoms with Gasteiger partial charge >= 0.3 is 0 Å². The zero-order valence-electron chi connectivity index (χ0n) is 18.3. The van der Waals surface area contributed by atoms with Crippen LogP contribution in [-0.2, 0) is 14.3 Å². The first-order chi connectivity index (χ1) is 13.7. The molecule has 0 bridgehead atoms. The summed E-state index contributed by atoms with van der Waals surface area (Å²) in [6.07, 6.45) is 8.85. The smallest absolute Gasteiger partial charge is 0.225 e. The van der Waals surface area contributed by atoms with Crippen LogP contribution < -0.4 is 10.6 Å². The molecule has 2 N–H and O–H groups in total. The van der Waals surface area contributed by atoms with Gasteiger partial charge in [0, 0.05) is 51.9 Å². The molecule has 0 aromatic heterocycles. The Hall–Kier alpha value is -0.610. The lowest BCUT2D eigenvalue weighted by molar-refractivity contribution is -0.135. The van der Waals surface area contributed by atoms with Crippen LogP contribution >= 0.6 is 24.0 Å². The van der Waals surface area contributed by atoms with Gasteiger partial charge in [0.05, 0.1) is 13.2 Å². The highest BCUT2D eigenvalue weighted by atomic mass is 127. The first-order valence-corrected chi connectivity index (χ1v) is 11.1. The van der Waals surface area contributed by atoms with Crippen molar-refractivity contribution in [2.45, 2.75) is 64.3 Å². The van der Waals surface area contributed by atoms with Gasteiger partial charge in [-0.2, -0.15) is 0 Å². The predicted molar refractivity (Wildman–Crippen MR) is 128 cm³/mol. The molecule has 0 aromatic carbocycles. The van der Waals surface area contributed by atoms with E-state index in [4.69, 9.17) is 9.47 Å². The third kappa shape index (κ3) is 10.3. The second kappa shape index (κ2) is 16.1. The highest BCUT2D eigenvalue weighted by Gasteiger charge is 2.31. The molecule has 8 heteroatoms. The third-order valence-electron chi connectivity index (χ3n) is 5.54. The fourth-order valence-electron chi connectivity index (χ4n) is 3.95. The number of aliphatic imine (C=N–C) groups is 1. The molecule has 1 unspecified atom stereocenters. The van der Waals surface area contributed by atoms with E-state index in [0.29, 0.717) is 25.2 Å². The number of guanidine groups is 1. The molecule has 2 fully saturated rings. The molecule has 1 saturated carbocycles. The Morgan fingerprint density at radius 1 is 1.10 bits per heavy atom. The van der Waals surface area contributed by atoms with Gasteiger partial charge in [-0.05, 0) is 39.0 Å². The van der Waals surface area contributed by atoms with Crippen LogP contribution in [-0.4, -0.2) is 75.9 Å². The van der Waals surface area contributed by atoms with Crippen molar-refractivity contribution in [2.75, 3.05) is 53.1 Å². The van der Waals surface area contributed by atoms with E-state index in [0.717, 1.165) is 70.8 Å². The molecule has 1 heterocycles. The first kappa shape index (κ1) is 26.4. The number of carbonyl (C=O) groups excluding carboxylic acids is 1. The van der Waals surface area contributed by atoms with Crippen molar-refractivity contribution in [3.05, 3.63) is 0 Å². The molecule has 2 aliphatic rings. The number of nitrogens with zero attached hydrogens (tertiary/aromatic N) is 2. The Labute approximate surface area is 193 Å². The van der Waals surface area contributed by atoms with Gasteiger partial charge in [0.1, 0.15) is 0 Å². The van der Waals surface area contributed by atoms with Crippen LogP contribution in [0.2, 0.25) is 0 Å². The summed E-state index contributed by atoms with van der Waals surface area (Å²) in [6, 6.07) is 0.294. The molecule has 0 spiro atoms. The van der Waals surface area contributed by atoms with Gasteiger partial charge in [0.2, 0.25) is 5.91 Å². The van der Waals surface area contributed by atoms with E-state index in [1.54, 1.807) is 7.11 Å². The maximum atomic E-state index is 12.7. The molecule has 7 nitrogen and oxygen atoms in total. The lowest BCUT2D eigenvalue weighted by Crippen LogP contribution is -2.45. The van der Waals surface area contributed by atoms with Gasteiger partial charge in [-0.25, -0.2) is 0 Å². The van der Waals surface area contributed by atoms with Crippen LogP contribution in [0.3, 0.4) is 0 Å². The molecule has 1 aliphatic heterocycles. The fourth-order valence-corrected chi connectivity index (χ4v) is 3.95. The average Bonchev–Trinajstić information content (AvgIpc) is 3.18. The number of methoxy groups -OCH3 is 1.